The number of nitrogens with zero attached hydrogens (tertiary/aromatic N) is 1. The average Bonchev–Trinajstić information content (AvgIpc) is 1.01. The Hall–Kier alpha value is -4.86. The van der Waals surface area contributed by atoms with Gasteiger partial charge in [0.1, 0.15) is 37.3 Å². The summed E-state index contributed by atoms with van der Waals surface area (Å²) in [7, 11) is 1.62. The van der Waals surface area contributed by atoms with Crippen molar-refractivity contribution in [1.82, 2.24) is 5.32 Å². The van der Waals surface area contributed by atoms with E-state index in [9.17, 15) is 85.3 Å². The van der Waals surface area contributed by atoms with E-state index in [0.29, 0.717) is 12.4 Å². The van der Waals surface area contributed by atoms with E-state index in [1.807, 2.05) is 13.8 Å². The van der Waals surface area contributed by atoms with Crippen molar-refractivity contribution < 1.29 is 104 Å². The number of aliphatic imine (C=N–C) groups is 1. The summed E-state index contributed by atoms with van der Waals surface area (Å²) in [5, 5.41) is 135. The second-order valence-electron chi connectivity index (χ2n) is 24.4. The minimum atomic E-state index is -2.70. The zero-order valence-corrected chi connectivity index (χ0v) is 51.8. The van der Waals surface area contributed by atoms with Gasteiger partial charge in [0.25, 0.3) is 0 Å². The number of hydrogen-bond acceptors (Lipinski definition) is 20. The van der Waals surface area contributed by atoms with Crippen LogP contribution in [-0.2, 0) is 42.9 Å². The minimum Gasteiger partial charge on any atom is -0.481 e. The molecule has 86 heavy (non-hydrogen) atoms. The molecule has 2 aliphatic rings. The molecule has 494 valence electrons. The molecule has 2 bridgehead atoms. The molecule has 2 rings (SSSR count). The number of esters is 3. The van der Waals surface area contributed by atoms with Crippen LogP contribution in [0.5, 0.6) is 0 Å². The molecule has 0 aliphatic carbocycles. The Labute approximate surface area is 507 Å². The Kier molecular flexibility index (Phi) is 35.2. The third kappa shape index (κ3) is 28.5. The van der Waals surface area contributed by atoms with Crippen molar-refractivity contribution in [3.05, 3.63) is 48.6 Å². The predicted molar refractivity (Wildman–Crippen MR) is 318 cm³/mol. The number of nitrogens with two attached hydrogens (primary N) is 1. The lowest BCUT2D eigenvalue weighted by molar-refractivity contribution is -0.334. The number of unbranched alkanes of at least 4 members (excludes halogenated alkanes) is 2. The maximum atomic E-state index is 13.9. The molecule has 0 aromatic heterocycles. The van der Waals surface area contributed by atoms with E-state index in [1.54, 1.807) is 46.0 Å². The molecule has 24 nitrogen and oxygen atoms in total. The molecule has 1 saturated heterocycles. The van der Waals surface area contributed by atoms with Crippen LogP contribution in [0.15, 0.2) is 53.6 Å². The summed E-state index contributed by atoms with van der Waals surface area (Å²) >= 11 is 0. The highest BCUT2D eigenvalue weighted by molar-refractivity contribution is 5.90. The van der Waals surface area contributed by atoms with E-state index >= 15 is 0 Å². The molecule has 24 heteroatoms. The Morgan fingerprint density at radius 2 is 1.33 bits per heavy atom. The Balaban J connectivity index is 2.54. The fraction of sp³-hybridized carbons (Fsp3) is 0.774. The van der Waals surface area contributed by atoms with Crippen LogP contribution in [0.3, 0.4) is 0 Å². The minimum absolute atomic E-state index is 0.00763. The van der Waals surface area contributed by atoms with Crippen molar-refractivity contribution in [2.75, 3.05) is 13.6 Å². The van der Waals surface area contributed by atoms with Crippen LogP contribution in [0, 0.1) is 47.3 Å². The SMILES string of the molecule is CN=C(N)NCCC/C=C/CCC[C@H](C)C[C@H](C)[C@H]1OC(=O)[C@H](C)[C@H](O)/C=C/[C@H](C)[C@H](O)C[C@H](O)[C@H](C)[C@@H](O)CC[C@H](C)[C@H](O)C[C@]2(O)O[C@H](C[C@@H](O)C[C@@H](OC(=O)CC(=O)O)C[C@@H](O)[C@H](C)[C@H](O)/C=C/C=C/[C@@H]1C)C[C@H](OC(=O)CC(=O)O)[C@H]2O. The van der Waals surface area contributed by atoms with Crippen molar-refractivity contribution in [3.8, 4) is 0 Å². The highest BCUT2D eigenvalue weighted by Gasteiger charge is 2.52. The van der Waals surface area contributed by atoms with Crippen LogP contribution in [-0.4, -0.2) is 196 Å². The molecule has 0 aromatic carbocycles. The van der Waals surface area contributed by atoms with E-state index in [-0.39, 0.29) is 31.1 Å². The number of allylic oxidation sites excluding steroid dienone is 4. The third-order valence-corrected chi connectivity index (χ3v) is 16.7. The Morgan fingerprint density at radius 1 is 0.721 bits per heavy atom. The van der Waals surface area contributed by atoms with Crippen molar-refractivity contribution >= 4 is 35.8 Å². The number of carboxylic acids is 2. The second kappa shape index (κ2) is 39.2. The zero-order chi connectivity index (χ0) is 65.0. The van der Waals surface area contributed by atoms with Gasteiger partial charge in [-0.1, -0.05) is 103 Å². The number of rotatable bonds is 17. The molecule has 0 unspecified atom stereocenters. The van der Waals surface area contributed by atoms with Crippen LogP contribution < -0.4 is 11.1 Å². The van der Waals surface area contributed by atoms with Gasteiger partial charge in [-0.3, -0.25) is 29.0 Å². The first-order valence-electron chi connectivity index (χ1n) is 30.5. The van der Waals surface area contributed by atoms with Crippen molar-refractivity contribution in [2.45, 2.75) is 243 Å². The molecule has 0 saturated carbocycles. The lowest BCUT2D eigenvalue weighted by atomic mass is 9.83. The van der Waals surface area contributed by atoms with Crippen LogP contribution in [0.1, 0.15) is 158 Å². The maximum Gasteiger partial charge on any atom is 0.317 e. The molecule has 0 amide bonds. The molecule has 0 aromatic rings. The first-order chi connectivity index (χ1) is 40.3. The molecule has 2 heterocycles. The number of aliphatic hydroxyl groups excluding tert-OH is 9. The van der Waals surface area contributed by atoms with E-state index in [0.717, 1.165) is 38.6 Å². The van der Waals surface area contributed by atoms with E-state index in [2.05, 4.69) is 29.4 Å². The van der Waals surface area contributed by atoms with Gasteiger partial charge >= 0.3 is 29.8 Å². The average molecular weight is 1230 g/mol. The van der Waals surface area contributed by atoms with Gasteiger partial charge in [0.2, 0.25) is 0 Å². The highest BCUT2D eigenvalue weighted by atomic mass is 16.7. The van der Waals surface area contributed by atoms with E-state index < -0.39 is 195 Å². The summed E-state index contributed by atoms with van der Waals surface area (Å²) in [5.74, 6) is -13.0. The molecule has 2 aliphatic heterocycles. The Morgan fingerprint density at radius 3 is 1.95 bits per heavy atom. The second-order valence-corrected chi connectivity index (χ2v) is 24.4. The van der Waals surface area contributed by atoms with Gasteiger partial charge in [-0.2, -0.15) is 0 Å². The van der Waals surface area contributed by atoms with Gasteiger partial charge in [-0.25, -0.2) is 0 Å². The van der Waals surface area contributed by atoms with E-state index in [4.69, 9.17) is 24.7 Å². The molecule has 15 N–H and O–H groups in total. The molecular formula is C62H105N3O21. The number of nitrogens with one attached hydrogen (secondary N) is 1. The van der Waals surface area contributed by atoms with Gasteiger partial charge in [-0.15, -0.1) is 0 Å². The first-order valence-corrected chi connectivity index (χ1v) is 30.5. The molecule has 1 fully saturated rings. The summed E-state index contributed by atoms with van der Waals surface area (Å²) in [6.45, 7) is 14.6. The van der Waals surface area contributed by atoms with Crippen LogP contribution in [0.2, 0.25) is 0 Å². The molecular weight excluding hydrogens is 1120 g/mol. The standard InChI is InChI=1S/C62H105N3O21/c1-35(18-14-12-10-11-13-17-25-65-61(63)64-9)26-39(5)58-38(4)19-15-16-20-46(67)40(6)50(71)29-44(83-56(78)32-54(74)75)27-43(66)28-45-30-53(84-57(79)33-55(76)77)59(80)62(82,86-45)34-52(73)37(3)22-23-47(68)41(7)51(72)31-49(70)36(2)21-24-48(69)42(8)60(81)85-58/h10-11,15-16,19-21,24,35-53,58-59,66-73,80,82H,12-14,17-18,22-23,25-34H2,1-9H3,(H,74,75)(H,76,77)(H3,63,64,65)/b11-10+,19-15+,20-16+,24-21+/t35-,36-,37-,38-,39-,40+,41+,42+,43-,44+,45+,46+,47-,48+,49+,50+,51-,52+,53-,58-,59+,62-/m0/s1. The van der Waals surface area contributed by atoms with Crippen LogP contribution >= 0.6 is 0 Å². The van der Waals surface area contributed by atoms with Crippen molar-refractivity contribution in [3.63, 3.8) is 0 Å². The lowest BCUT2D eigenvalue weighted by Crippen LogP contribution is -2.60. The lowest BCUT2D eigenvalue weighted by Gasteiger charge is -2.46. The number of hydrogen-bond donors (Lipinski definition) is 14. The highest BCUT2D eigenvalue weighted by Crippen LogP contribution is 2.38. The smallest absolute Gasteiger partial charge is 0.317 e. The molecule has 0 spiro atoms. The summed E-state index contributed by atoms with van der Waals surface area (Å²) in [4.78, 5) is 65.9. The number of guanidine groups is 1. The number of aliphatic hydroxyl groups is 10. The predicted octanol–water partition coefficient (Wildman–Crippen LogP) is 3.33. The first kappa shape index (κ1) is 77.2. The van der Waals surface area contributed by atoms with Crippen LogP contribution in [0.4, 0.5) is 0 Å². The fourth-order valence-corrected chi connectivity index (χ4v) is 10.8. The van der Waals surface area contributed by atoms with Crippen molar-refractivity contribution in [1.29, 1.82) is 0 Å². The van der Waals surface area contributed by atoms with Crippen LogP contribution in [0.25, 0.3) is 0 Å². The summed E-state index contributed by atoms with van der Waals surface area (Å²) in [6, 6.07) is 0. The van der Waals surface area contributed by atoms with Gasteiger partial charge < -0.3 is 91.3 Å². The number of fused-ring (bicyclic) bond motifs is 2. The van der Waals surface area contributed by atoms with Crippen molar-refractivity contribution in [2.24, 2.45) is 58.1 Å². The monoisotopic (exact) mass is 1230 g/mol. The normalized spacial score (nSPS) is 36.9. The fourth-order valence-electron chi connectivity index (χ4n) is 10.8. The topological polar surface area (TPSA) is 415 Å². The summed E-state index contributed by atoms with van der Waals surface area (Å²) in [6.07, 6.45) is -3.57. The number of ether oxygens (including phenoxy) is 4. The number of carbonyl (C=O) groups excluding carboxylic acids is 3. The number of aliphatic carboxylic acids is 2. The Bertz CT molecular complexity index is 2200. The number of carboxylic acid groups (broad SMARTS) is 2. The maximum absolute atomic E-state index is 13.9. The zero-order valence-electron chi connectivity index (χ0n) is 51.8. The summed E-state index contributed by atoms with van der Waals surface area (Å²) < 4.78 is 22.8. The largest absolute Gasteiger partial charge is 0.481 e. The third-order valence-electron chi connectivity index (χ3n) is 16.7. The number of carbonyl (C=O) groups is 5. The quantitative estimate of drug-likeness (QED) is 0.0189. The van der Waals surface area contributed by atoms with Gasteiger partial charge in [0.15, 0.2) is 11.7 Å². The molecule has 22 atom stereocenters. The number of cyclic esters (lactones) is 1. The summed E-state index contributed by atoms with van der Waals surface area (Å²) in [5.41, 5.74) is 5.69. The van der Waals surface area contributed by atoms with E-state index in [1.165, 1.54) is 32.1 Å². The van der Waals surface area contributed by atoms with Gasteiger partial charge in [0, 0.05) is 69.4 Å². The molecule has 0 radical (unpaired) electrons. The van der Waals surface area contributed by atoms with Gasteiger partial charge in [0.05, 0.1) is 60.9 Å². The van der Waals surface area contributed by atoms with Gasteiger partial charge in [-0.05, 0) is 76.0 Å².